The zero-order valence-corrected chi connectivity index (χ0v) is 18.4. The van der Waals surface area contributed by atoms with Gasteiger partial charge in [-0.25, -0.2) is 17.5 Å². The molecule has 1 heterocycles. The van der Waals surface area contributed by atoms with Gasteiger partial charge in [-0.2, -0.15) is 0 Å². The number of hydrogen-bond donors (Lipinski definition) is 2. The largest absolute Gasteiger partial charge is 0.454 e. The van der Waals surface area contributed by atoms with Crippen LogP contribution in [0.2, 0.25) is 5.02 Å². The van der Waals surface area contributed by atoms with Crippen molar-refractivity contribution in [1.82, 2.24) is 4.72 Å². The molecule has 0 saturated heterocycles. The molecule has 0 radical (unpaired) electrons. The molecule has 0 unspecified atom stereocenters. The van der Waals surface area contributed by atoms with Crippen LogP contribution < -0.4 is 19.5 Å². The van der Waals surface area contributed by atoms with Gasteiger partial charge in [0.25, 0.3) is 5.91 Å². The van der Waals surface area contributed by atoms with Crippen molar-refractivity contribution in [3.05, 3.63) is 82.1 Å². The summed E-state index contributed by atoms with van der Waals surface area (Å²) in [6.07, 6.45) is 0. The van der Waals surface area contributed by atoms with Crippen LogP contribution in [0.15, 0.2) is 59.5 Å². The summed E-state index contributed by atoms with van der Waals surface area (Å²) in [4.78, 5) is 12.3. The van der Waals surface area contributed by atoms with Crippen molar-refractivity contribution in [3.8, 4) is 11.5 Å². The summed E-state index contributed by atoms with van der Waals surface area (Å²) in [5, 5.41) is 2.96. The molecule has 0 bridgehead atoms. The van der Waals surface area contributed by atoms with Crippen molar-refractivity contribution in [2.45, 2.75) is 18.4 Å². The molecule has 3 aromatic carbocycles. The van der Waals surface area contributed by atoms with Gasteiger partial charge in [-0.15, -0.1) is 0 Å². The molecule has 0 saturated carbocycles. The van der Waals surface area contributed by atoms with E-state index in [0.717, 1.165) is 23.8 Å². The van der Waals surface area contributed by atoms with Gasteiger partial charge in [-0.05, 0) is 60.5 Å². The molecule has 0 aliphatic carbocycles. The zero-order valence-electron chi connectivity index (χ0n) is 16.8. The van der Waals surface area contributed by atoms with E-state index in [1.807, 2.05) is 0 Å². The summed E-state index contributed by atoms with van der Waals surface area (Å²) < 4.78 is 52.7. The molecule has 0 atom stereocenters. The van der Waals surface area contributed by atoms with E-state index < -0.39 is 27.3 Å². The number of aryl methyl sites for hydroxylation is 1. The van der Waals surface area contributed by atoms with Crippen molar-refractivity contribution >= 4 is 33.2 Å². The molecule has 10 heteroatoms. The van der Waals surface area contributed by atoms with Gasteiger partial charge < -0.3 is 14.8 Å². The minimum absolute atomic E-state index is 0.0280. The number of hydrogen-bond acceptors (Lipinski definition) is 5. The summed E-state index contributed by atoms with van der Waals surface area (Å²) in [7, 11) is -4.02. The molecule has 1 aliphatic heterocycles. The van der Waals surface area contributed by atoms with E-state index in [9.17, 15) is 17.6 Å². The van der Waals surface area contributed by atoms with Crippen LogP contribution in [0.4, 0.5) is 10.1 Å². The third kappa shape index (κ3) is 4.69. The van der Waals surface area contributed by atoms with Gasteiger partial charge in [0.1, 0.15) is 5.82 Å². The number of sulfonamides is 1. The maximum absolute atomic E-state index is 14.3. The predicted molar refractivity (Wildman–Crippen MR) is 117 cm³/mol. The first-order chi connectivity index (χ1) is 15.2. The van der Waals surface area contributed by atoms with Gasteiger partial charge in [0.05, 0.1) is 10.5 Å². The number of nitrogens with one attached hydrogen (secondary N) is 2. The number of carbonyl (C=O) groups is 1. The van der Waals surface area contributed by atoms with Crippen LogP contribution in [-0.2, 0) is 16.6 Å². The van der Waals surface area contributed by atoms with Gasteiger partial charge in [-0.3, -0.25) is 4.79 Å². The topological polar surface area (TPSA) is 93.7 Å². The second-order valence-corrected chi connectivity index (χ2v) is 9.25. The van der Waals surface area contributed by atoms with Gasteiger partial charge in [0.15, 0.2) is 11.5 Å². The number of halogens is 2. The second kappa shape index (κ2) is 8.78. The molecular formula is C22H18ClFN2O5S. The number of amides is 1. The van der Waals surface area contributed by atoms with Crippen LogP contribution in [0, 0.1) is 12.7 Å². The normalized spacial score (nSPS) is 12.6. The molecule has 0 fully saturated rings. The first-order valence-electron chi connectivity index (χ1n) is 9.48. The quantitative estimate of drug-likeness (QED) is 0.555. The zero-order chi connectivity index (χ0) is 22.9. The molecular weight excluding hydrogens is 459 g/mol. The van der Waals surface area contributed by atoms with Crippen LogP contribution in [0.25, 0.3) is 0 Å². The first kappa shape index (κ1) is 22.1. The van der Waals surface area contributed by atoms with Gasteiger partial charge in [0.2, 0.25) is 16.8 Å². The Labute approximate surface area is 189 Å². The number of ether oxygens (including phenoxy) is 2. The molecule has 3 aromatic rings. The highest BCUT2D eigenvalue weighted by Crippen LogP contribution is 2.32. The summed E-state index contributed by atoms with van der Waals surface area (Å²) in [5.41, 5.74) is 1.42. The Hall–Kier alpha value is -3.14. The minimum Gasteiger partial charge on any atom is -0.454 e. The third-order valence-corrected chi connectivity index (χ3v) is 6.63. The third-order valence-electron chi connectivity index (χ3n) is 4.83. The smallest absolute Gasteiger partial charge is 0.258 e. The lowest BCUT2D eigenvalue weighted by Crippen LogP contribution is -2.24. The summed E-state index contributed by atoms with van der Waals surface area (Å²) >= 11 is 6.05. The van der Waals surface area contributed by atoms with Crippen LogP contribution in [0.1, 0.15) is 21.5 Å². The molecule has 32 heavy (non-hydrogen) atoms. The van der Waals surface area contributed by atoms with Crippen molar-refractivity contribution in [2.24, 2.45) is 0 Å². The van der Waals surface area contributed by atoms with Gasteiger partial charge in [-0.1, -0.05) is 23.7 Å². The lowest BCUT2D eigenvalue weighted by Gasteiger charge is -2.11. The Morgan fingerprint density at radius 2 is 1.84 bits per heavy atom. The van der Waals surface area contributed by atoms with Crippen molar-refractivity contribution in [3.63, 3.8) is 0 Å². The second-order valence-electron chi connectivity index (χ2n) is 7.07. The lowest BCUT2D eigenvalue weighted by molar-refractivity contribution is 0.102. The summed E-state index contributed by atoms with van der Waals surface area (Å²) in [5.74, 6) is -0.537. The molecule has 7 nitrogen and oxygen atoms in total. The standard InChI is InChI=1S/C22H18ClFN2O5S/c1-13-2-4-15(9-18(13)23)26-22(27)17-10-16(5-6-19(17)24)32(28,29)25-11-14-3-7-20-21(8-14)31-12-30-20/h2-10,25H,11-12H2,1H3,(H,26,27). The number of anilines is 1. The van der Waals surface area contributed by atoms with E-state index in [1.54, 1.807) is 37.3 Å². The average molecular weight is 477 g/mol. The summed E-state index contributed by atoms with van der Waals surface area (Å²) in [6, 6.07) is 12.9. The highest BCUT2D eigenvalue weighted by atomic mass is 35.5. The Morgan fingerprint density at radius 1 is 1.06 bits per heavy atom. The number of fused-ring (bicyclic) bond motifs is 1. The molecule has 4 rings (SSSR count). The minimum atomic E-state index is -4.02. The maximum atomic E-state index is 14.3. The van der Waals surface area contributed by atoms with Crippen LogP contribution in [-0.4, -0.2) is 21.1 Å². The highest BCUT2D eigenvalue weighted by Gasteiger charge is 2.20. The predicted octanol–water partition coefficient (Wildman–Crippen LogP) is 4.25. The van der Waals surface area contributed by atoms with E-state index >= 15 is 0 Å². The molecule has 0 aromatic heterocycles. The van der Waals surface area contributed by atoms with Crippen LogP contribution in [0.5, 0.6) is 11.5 Å². The number of carbonyl (C=O) groups excluding carboxylic acids is 1. The maximum Gasteiger partial charge on any atom is 0.258 e. The Balaban J connectivity index is 1.51. The Morgan fingerprint density at radius 3 is 2.62 bits per heavy atom. The molecule has 1 amide bonds. The lowest BCUT2D eigenvalue weighted by atomic mass is 10.2. The Kier molecular flexibility index (Phi) is 6.05. The van der Waals surface area contributed by atoms with E-state index in [0.29, 0.717) is 27.8 Å². The van der Waals surface area contributed by atoms with Crippen molar-refractivity contribution < 1.29 is 27.1 Å². The van der Waals surface area contributed by atoms with E-state index in [-0.39, 0.29) is 18.2 Å². The SMILES string of the molecule is Cc1ccc(NC(=O)c2cc(S(=O)(=O)NCc3ccc4c(c3)OCO4)ccc2F)cc1Cl. The average Bonchev–Trinajstić information content (AvgIpc) is 3.23. The van der Waals surface area contributed by atoms with E-state index in [2.05, 4.69) is 10.0 Å². The highest BCUT2D eigenvalue weighted by molar-refractivity contribution is 7.89. The molecule has 1 aliphatic rings. The fourth-order valence-corrected chi connectivity index (χ4v) is 4.25. The first-order valence-corrected chi connectivity index (χ1v) is 11.3. The van der Waals surface area contributed by atoms with Crippen molar-refractivity contribution in [1.29, 1.82) is 0 Å². The fourth-order valence-electron chi connectivity index (χ4n) is 3.03. The van der Waals surface area contributed by atoms with E-state index in [1.165, 1.54) is 6.07 Å². The number of benzene rings is 3. The van der Waals surface area contributed by atoms with Crippen LogP contribution >= 0.6 is 11.6 Å². The van der Waals surface area contributed by atoms with Crippen molar-refractivity contribution in [2.75, 3.05) is 12.1 Å². The van der Waals surface area contributed by atoms with E-state index in [4.69, 9.17) is 21.1 Å². The fraction of sp³-hybridized carbons (Fsp3) is 0.136. The van der Waals surface area contributed by atoms with Gasteiger partial charge in [0, 0.05) is 17.3 Å². The number of rotatable bonds is 6. The molecule has 166 valence electrons. The Bertz CT molecular complexity index is 1310. The molecule has 2 N–H and O–H groups in total. The van der Waals surface area contributed by atoms with Gasteiger partial charge >= 0.3 is 0 Å². The van der Waals surface area contributed by atoms with Crippen LogP contribution in [0.3, 0.4) is 0 Å². The summed E-state index contributed by atoms with van der Waals surface area (Å²) in [6.45, 7) is 1.89. The molecule has 0 spiro atoms. The monoisotopic (exact) mass is 476 g/mol.